The second-order valence-electron chi connectivity index (χ2n) is 5.27. The van der Waals surface area contributed by atoms with Crippen molar-refractivity contribution in [1.82, 2.24) is 4.98 Å². The van der Waals surface area contributed by atoms with Crippen LogP contribution in [0.15, 0.2) is 29.6 Å². The second kappa shape index (κ2) is 6.35. The molecule has 108 valence electrons. The molecule has 2 rings (SSSR count). The molecule has 2 nitrogen and oxygen atoms in total. The number of alkyl halides is 1. The third kappa shape index (κ3) is 4.04. The molecule has 2 aromatic rings. The van der Waals surface area contributed by atoms with Crippen LogP contribution in [-0.4, -0.2) is 4.98 Å². The minimum absolute atomic E-state index is 0.435. The SMILES string of the molecule is CCCc1csc(COc2cccc(C(C)(C)F)c2)n1. The highest BCUT2D eigenvalue weighted by Crippen LogP contribution is 2.27. The summed E-state index contributed by atoms with van der Waals surface area (Å²) in [5.74, 6) is 0.681. The molecule has 0 bridgehead atoms. The maximum absolute atomic E-state index is 13.9. The van der Waals surface area contributed by atoms with Crippen LogP contribution in [0.5, 0.6) is 5.75 Å². The van der Waals surface area contributed by atoms with E-state index in [1.54, 1.807) is 37.3 Å². The van der Waals surface area contributed by atoms with Crippen molar-refractivity contribution >= 4 is 11.3 Å². The predicted octanol–water partition coefficient (Wildman–Crippen LogP) is 4.88. The third-order valence-corrected chi connectivity index (χ3v) is 3.86. The first kappa shape index (κ1) is 15.0. The summed E-state index contributed by atoms with van der Waals surface area (Å²) in [5.41, 5.74) is 0.394. The third-order valence-electron chi connectivity index (χ3n) is 2.99. The number of halogens is 1. The summed E-state index contributed by atoms with van der Waals surface area (Å²) in [7, 11) is 0. The van der Waals surface area contributed by atoms with Crippen LogP contribution < -0.4 is 4.74 Å². The molecule has 0 unspecified atom stereocenters. The number of hydrogen-bond acceptors (Lipinski definition) is 3. The summed E-state index contributed by atoms with van der Waals surface area (Å²) < 4.78 is 19.6. The molecule has 0 fully saturated rings. The van der Waals surface area contributed by atoms with Crippen molar-refractivity contribution in [2.75, 3.05) is 0 Å². The van der Waals surface area contributed by atoms with Crippen LogP contribution in [0.2, 0.25) is 0 Å². The lowest BCUT2D eigenvalue weighted by atomic mass is 10.0. The van der Waals surface area contributed by atoms with Crippen LogP contribution in [0, 0.1) is 0 Å². The zero-order valence-corrected chi connectivity index (χ0v) is 13.0. The summed E-state index contributed by atoms with van der Waals surface area (Å²) in [5, 5.41) is 3.03. The molecule has 0 radical (unpaired) electrons. The van der Waals surface area contributed by atoms with E-state index in [2.05, 4.69) is 17.3 Å². The smallest absolute Gasteiger partial charge is 0.140 e. The van der Waals surface area contributed by atoms with Crippen molar-refractivity contribution in [2.45, 2.75) is 45.9 Å². The molecule has 0 aliphatic carbocycles. The Labute approximate surface area is 123 Å². The van der Waals surface area contributed by atoms with E-state index in [0.717, 1.165) is 23.5 Å². The Balaban J connectivity index is 1.99. The molecular weight excluding hydrogens is 273 g/mol. The van der Waals surface area contributed by atoms with Crippen molar-refractivity contribution in [1.29, 1.82) is 0 Å². The van der Waals surface area contributed by atoms with Gasteiger partial charge in [-0.2, -0.15) is 0 Å². The lowest BCUT2D eigenvalue weighted by Crippen LogP contribution is -2.09. The molecule has 0 N–H and O–H groups in total. The summed E-state index contributed by atoms with van der Waals surface area (Å²) in [6.07, 6.45) is 2.10. The van der Waals surface area contributed by atoms with Gasteiger partial charge in [-0.1, -0.05) is 25.5 Å². The first-order chi connectivity index (χ1) is 9.49. The standard InChI is InChI=1S/C16H20FNOS/c1-4-6-13-11-20-15(18-13)10-19-14-8-5-7-12(9-14)16(2,3)17/h5,7-9,11H,4,6,10H2,1-3H3. The quantitative estimate of drug-likeness (QED) is 0.757. The van der Waals surface area contributed by atoms with Crippen LogP contribution in [0.3, 0.4) is 0 Å². The van der Waals surface area contributed by atoms with E-state index in [0.29, 0.717) is 17.9 Å². The lowest BCUT2D eigenvalue weighted by molar-refractivity contribution is 0.219. The molecule has 0 aliphatic heterocycles. The van der Waals surface area contributed by atoms with Gasteiger partial charge in [0.05, 0.1) is 5.69 Å². The average molecular weight is 293 g/mol. The van der Waals surface area contributed by atoms with Gasteiger partial charge in [-0.15, -0.1) is 11.3 Å². The molecular formula is C16H20FNOS. The first-order valence-electron chi connectivity index (χ1n) is 6.84. The molecule has 1 aromatic carbocycles. The normalized spacial score (nSPS) is 11.6. The minimum Gasteiger partial charge on any atom is -0.486 e. The monoisotopic (exact) mass is 293 g/mol. The molecule has 0 spiro atoms. The molecule has 0 saturated heterocycles. The number of aromatic nitrogens is 1. The summed E-state index contributed by atoms with van der Waals surface area (Å²) in [4.78, 5) is 4.51. The molecule has 0 amide bonds. The first-order valence-corrected chi connectivity index (χ1v) is 7.72. The van der Waals surface area contributed by atoms with Crippen LogP contribution in [0.25, 0.3) is 0 Å². The Bertz CT molecular complexity index is 560. The van der Waals surface area contributed by atoms with Crippen molar-refractivity contribution in [3.63, 3.8) is 0 Å². The highest BCUT2D eigenvalue weighted by molar-refractivity contribution is 7.09. The number of aryl methyl sites for hydroxylation is 1. The number of ether oxygens (including phenoxy) is 1. The van der Waals surface area contributed by atoms with Gasteiger partial charge in [0.2, 0.25) is 0 Å². The fourth-order valence-electron chi connectivity index (χ4n) is 1.89. The Kier molecular flexibility index (Phi) is 4.76. The number of hydrogen-bond donors (Lipinski definition) is 0. The fraction of sp³-hybridized carbons (Fsp3) is 0.438. The van der Waals surface area contributed by atoms with Gasteiger partial charge in [0.15, 0.2) is 0 Å². The van der Waals surface area contributed by atoms with Gasteiger partial charge in [0, 0.05) is 5.38 Å². The fourth-order valence-corrected chi connectivity index (χ4v) is 2.63. The predicted molar refractivity (Wildman–Crippen MR) is 81.0 cm³/mol. The van der Waals surface area contributed by atoms with E-state index in [1.807, 2.05) is 12.1 Å². The Hall–Kier alpha value is -1.42. The molecule has 1 aromatic heterocycles. The lowest BCUT2D eigenvalue weighted by Gasteiger charge is -2.15. The highest BCUT2D eigenvalue weighted by Gasteiger charge is 2.18. The van der Waals surface area contributed by atoms with E-state index in [-0.39, 0.29) is 0 Å². The molecule has 0 atom stereocenters. The van der Waals surface area contributed by atoms with Gasteiger partial charge in [-0.25, -0.2) is 9.37 Å². The number of rotatable bonds is 6. The second-order valence-corrected chi connectivity index (χ2v) is 6.21. The Morgan fingerprint density at radius 3 is 2.85 bits per heavy atom. The zero-order valence-electron chi connectivity index (χ0n) is 12.1. The van der Waals surface area contributed by atoms with Crippen LogP contribution >= 0.6 is 11.3 Å². The molecule has 1 heterocycles. The van der Waals surface area contributed by atoms with Gasteiger partial charge in [0.25, 0.3) is 0 Å². The van der Waals surface area contributed by atoms with Crippen LogP contribution in [0.4, 0.5) is 4.39 Å². The largest absolute Gasteiger partial charge is 0.486 e. The number of nitrogens with zero attached hydrogens (tertiary/aromatic N) is 1. The van der Waals surface area contributed by atoms with Crippen molar-refractivity contribution in [3.8, 4) is 5.75 Å². The Morgan fingerprint density at radius 2 is 2.15 bits per heavy atom. The molecule has 20 heavy (non-hydrogen) atoms. The van der Waals surface area contributed by atoms with Gasteiger partial charge < -0.3 is 4.74 Å². The molecule has 0 saturated carbocycles. The van der Waals surface area contributed by atoms with E-state index >= 15 is 0 Å². The Morgan fingerprint density at radius 1 is 1.35 bits per heavy atom. The highest BCUT2D eigenvalue weighted by atomic mass is 32.1. The van der Waals surface area contributed by atoms with Gasteiger partial charge in [-0.3, -0.25) is 0 Å². The van der Waals surface area contributed by atoms with E-state index < -0.39 is 5.67 Å². The van der Waals surface area contributed by atoms with Crippen molar-refractivity contribution in [2.24, 2.45) is 0 Å². The van der Waals surface area contributed by atoms with Crippen LogP contribution in [-0.2, 0) is 18.7 Å². The maximum atomic E-state index is 13.9. The minimum atomic E-state index is -1.35. The van der Waals surface area contributed by atoms with Gasteiger partial charge in [-0.05, 0) is 38.0 Å². The molecule has 4 heteroatoms. The topological polar surface area (TPSA) is 22.1 Å². The van der Waals surface area contributed by atoms with E-state index in [1.165, 1.54) is 0 Å². The zero-order chi connectivity index (χ0) is 14.6. The van der Waals surface area contributed by atoms with Crippen LogP contribution in [0.1, 0.15) is 43.5 Å². The maximum Gasteiger partial charge on any atom is 0.140 e. The summed E-state index contributed by atoms with van der Waals surface area (Å²) in [6.45, 7) is 5.66. The van der Waals surface area contributed by atoms with Gasteiger partial charge >= 0.3 is 0 Å². The van der Waals surface area contributed by atoms with Crippen molar-refractivity contribution in [3.05, 3.63) is 45.9 Å². The summed E-state index contributed by atoms with van der Waals surface area (Å²) in [6, 6.07) is 7.18. The van der Waals surface area contributed by atoms with E-state index in [9.17, 15) is 4.39 Å². The van der Waals surface area contributed by atoms with Crippen molar-refractivity contribution < 1.29 is 9.13 Å². The molecule has 0 aliphatic rings. The average Bonchev–Trinajstić information content (AvgIpc) is 2.84. The van der Waals surface area contributed by atoms with Gasteiger partial charge in [0.1, 0.15) is 23.0 Å². The summed E-state index contributed by atoms with van der Waals surface area (Å²) >= 11 is 1.61. The number of benzene rings is 1. The van der Waals surface area contributed by atoms with E-state index in [4.69, 9.17) is 4.74 Å². The number of thiazole rings is 1.